The van der Waals surface area contributed by atoms with Crippen molar-refractivity contribution >= 4 is 5.91 Å². The SMILES string of the molecule is CC(C)C[C@@H](N)C(=O)NC1(CO)CCOCC1. The van der Waals surface area contributed by atoms with Gasteiger partial charge in [-0.15, -0.1) is 0 Å². The largest absolute Gasteiger partial charge is 0.394 e. The van der Waals surface area contributed by atoms with Crippen LogP contribution in [0.5, 0.6) is 0 Å². The van der Waals surface area contributed by atoms with Crippen LogP contribution in [-0.2, 0) is 9.53 Å². The van der Waals surface area contributed by atoms with E-state index in [4.69, 9.17) is 10.5 Å². The van der Waals surface area contributed by atoms with E-state index in [1.54, 1.807) is 0 Å². The zero-order chi connectivity index (χ0) is 12.9. The molecule has 0 aromatic rings. The molecule has 100 valence electrons. The fourth-order valence-electron chi connectivity index (χ4n) is 2.05. The molecule has 1 atom stereocenters. The van der Waals surface area contributed by atoms with Crippen LogP contribution in [0.2, 0.25) is 0 Å². The number of aliphatic hydroxyl groups excluding tert-OH is 1. The van der Waals surface area contributed by atoms with Gasteiger partial charge in [0.2, 0.25) is 5.91 Å². The summed E-state index contributed by atoms with van der Waals surface area (Å²) < 4.78 is 5.24. The molecule has 1 aliphatic rings. The Labute approximate surface area is 103 Å². The van der Waals surface area contributed by atoms with Gasteiger partial charge in [0.1, 0.15) is 0 Å². The second kappa shape index (κ2) is 6.33. The quantitative estimate of drug-likeness (QED) is 0.636. The van der Waals surface area contributed by atoms with Crippen molar-refractivity contribution < 1.29 is 14.6 Å². The Morgan fingerprint density at radius 2 is 2.06 bits per heavy atom. The Bertz CT molecular complexity index is 250. The third kappa shape index (κ3) is 4.26. The number of aliphatic hydroxyl groups is 1. The smallest absolute Gasteiger partial charge is 0.237 e. The van der Waals surface area contributed by atoms with E-state index in [9.17, 15) is 9.90 Å². The van der Waals surface area contributed by atoms with Crippen LogP contribution in [0.25, 0.3) is 0 Å². The highest BCUT2D eigenvalue weighted by molar-refractivity contribution is 5.82. The van der Waals surface area contributed by atoms with Gasteiger partial charge in [-0.3, -0.25) is 4.79 Å². The van der Waals surface area contributed by atoms with Crippen LogP contribution in [0.15, 0.2) is 0 Å². The molecule has 4 N–H and O–H groups in total. The average molecular weight is 244 g/mol. The van der Waals surface area contributed by atoms with Crippen molar-refractivity contribution in [2.45, 2.75) is 44.7 Å². The molecular weight excluding hydrogens is 220 g/mol. The minimum absolute atomic E-state index is 0.0590. The summed E-state index contributed by atoms with van der Waals surface area (Å²) in [4.78, 5) is 11.9. The highest BCUT2D eigenvalue weighted by Crippen LogP contribution is 2.20. The van der Waals surface area contributed by atoms with E-state index < -0.39 is 11.6 Å². The maximum atomic E-state index is 11.9. The van der Waals surface area contributed by atoms with Crippen molar-refractivity contribution in [3.05, 3.63) is 0 Å². The first-order valence-electron chi connectivity index (χ1n) is 6.25. The molecule has 5 nitrogen and oxygen atoms in total. The highest BCUT2D eigenvalue weighted by Gasteiger charge is 2.34. The van der Waals surface area contributed by atoms with E-state index in [-0.39, 0.29) is 12.5 Å². The minimum atomic E-state index is -0.538. The number of amides is 1. The number of carbonyl (C=O) groups is 1. The first kappa shape index (κ1) is 14.4. The van der Waals surface area contributed by atoms with E-state index in [1.807, 2.05) is 13.8 Å². The van der Waals surface area contributed by atoms with Crippen LogP contribution in [0.3, 0.4) is 0 Å². The third-order valence-corrected chi connectivity index (χ3v) is 3.20. The Morgan fingerprint density at radius 3 is 2.53 bits per heavy atom. The molecule has 1 amide bonds. The summed E-state index contributed by atoms with van der Waals surface area (Å²) in [5, 5.41) is 12.3. The molecule has 0 spiro atoms. The summed E-state index contributed by atoms with van der Waals surface area (Å²) in [5.41, 5.74) is 5.29. The Balaban J connectivity index is 2.52. The second-order valence-electron chi connectivity index (χ2n) is 5.28. The molecule has 5 heteroatoms. The zero-order valence-corrected chi connectivity index (χ0v) is 10.7. The summed E-state index contributed by atoms with van der Waals surface area (Å²) in [6, 6.07) is -0.499. The van der Waals surface area contributed by atoms with Crippen molar-refractivity contribution in [1.29, 1.82) is 0 Å². The van der Waals surface area contributed by atoms with Gasteiger partial charge >= 0.3 is 0 Å². The van der Waals surface area contributed by atoms with Crippen molar-refractivity contribution in [3.8, 4) is 0 Å². The number of rotatable bonds is 5. The van der Waals surface area contributed by atoms with Gasteiger partial charge in [0.25, 0.3) is 0 Å². The van der Waals surface area contributed by atoms with E-state index >= 15 is 0 Å². The minimum Gasteiger partial charge on any atom is -0.394 e. The molecule has 1 saturated heterocycles. The van der Waals surface area contributed by atoms with Crippen LogP contribution in [-0.4, -0.2) is 42.4 Å². The molecule has 1 rings (SSSR count). The van der Waals surface area contributed by atoms with Crippen LogP contribution < -0.4 is 11.1 Å². The van der Waals surface area contributed by atoms with E-state index in [0.29, 0.717) is 38.4 Å². The molecule has 1 heterocycles. The maximum Gasteiger partial charge on any atom is 0.237 e. The first-order valence-corrected chi connectivity index (χ1v) is 6.25. The second-order valence-corrected chi connectivity index (χ2v) is 5.28. The lowest BCUT2D eigenvalue weighted by Crippen LogP contribution is -2.58. The van der Waals surface area contributed by atoms with Crippen molar-refractivity contribution in [3.63, 3.8) is 0 Å². The van der Waals surface area contributed by atoms with Gasteiger partial charge in [-0.2, -0.15) is 0 Å². The Morgan fingerprint density at radius 1 is 1.47 bits per heavy atom. The molecule has 0 saturated carbocycles. The first-order chi connectivity index (χ1) is 7.99. The van der Waals surface area contributed by atoms with Gasteiger partial charge in [-0.1, -0.05) is 13.8 Å². The van der Waals surface area contributed by atoms with Gasteiger partial charge < -0.3 is 20.9 Å². The molecule has 0 aromatic heterocycles. The number of nitrogens with one attached hydrogen (secondary N) is 1. The summed E-state index contributed by atoms with van der Waals surface area (Å²) in [5.74, 6) is 0.213. The summed E-state index contributed by atoms with van der Waals surface area (Å²) in [7, 11) is 0. The summed E-state index contributed by atoms with van der Waals surface area (Å²) in [6.07, 6.45) is 1.94. The van der Waals surface area contributed by atoms with Crippen LogP contribution in [0.4, 0.5) is 0 Å². The lowest BCUT2D eigenvalue weighted by atomic mass is 9.90. The lowest BCUT2D eigenvalue weighted by molar-refractivity contribution is -0.126. The number of ether oxygens (including phenoxy) is 1. The van der Waals surface area contributed by atoms with Crippen molar-refractivity contribution in [2.75, 3.05) is 19.8 Å². The van der Waals surface area contributed by atoms with E-state index in [2.05, 4.69) is 5.32 Å². The normalized spacial score (nSPS) is 21.2. The lowest BCUT2D eigenvalue weighted by Gasteiger charge is -2.37. The molecular formula is C12H24N2O3. The molecule has 0 bridgehead atoms. The number of nitrogens with two attached hydrogens (primary N) is 1. The van der Waals surface area contributed by atoms with Crippen LogP contribution in [0, 0.1) is 5.92 Å². The third-order valence-electron chi connectivity index (χ3n) is 3.20. The monoisotopic (exact) mass is 244 g/mol. The maximum absolute atomic E-state index is 11.9. The molecule has 0 unspecified atom stereocenters. The molecule has 0 radical (unpaired) electrons. The average Bonchev–Trinajstić information content (AvgIpc) is 2.29. The van der Waals surface area contributed by atoms with Gasteiger partial charge in [0.05, 0.1) is 18.2 Å². The van der Waals surface area contributed by atoms with E-state index in [1.165, 1.54) is 0 Å². The predicted molar refractivity (Wildman–Crippen MR) is 65.4 cm³/mol. The Kier molecular flexibility index (Phi) is 5.36. The zero-order valence-electron chi connectivity index (χ0n) is 10.7. The number of hydrogen-bond donors (Lipinski definition) is 3. The fraction of sp³-hybridized carbons (Fsp3) is 0.917. The predicted octanol–water partition coefficient (Wildman–Crippen LogP) is 0.0175. The molecule has 1 aliphatic heterocycles. The summed E-state index contributed by atoms with van der Waals surface area (Å²) >= 11 is 0. The Hall–Kier alpha value is -0.650. The van der Waals surface area contributed by atoms with Gasteiger partial charge in [-0.25, -0.2) is 0 Å². The van der Waals surface area contributed by atoms with Crippen LogP contribution in [0.1, 0.15) is 33.1 Å². The van der Waals surface area contributed by atoms with Gasteiger partial charge in [0, 0.05) is 13.2 Å². The number of carbonyl (C=O) groups excluding carboxylic acids is 1. The molecule has 0 aromatic carbocycles. The van der Waals surface area contributed by atoms with Crippen molar-refractivity contribution in [2.24, 2.45) is 11.7 Å². The number of hydrogen-bond acceptors (Lipinski definition) is 4. The fourth-order valence-corrected chi connectivity index (χ4v) is 2.05. The molecule has 1 fully saturated rings. The van der Waals surface area contributed by atoms with E-state index in [0.717, 1.165) is 0 Å². The molecule has 0 aliphatic carbocycles. The van der Waals surface area contributed by atoms with Gasteiger partial charge in [-0.05, 0) is 25.2 Å². The molecule has 17 heavy (non-hydrogen) atoms. The summed E-state index contributed by atoms with van der Waals surface area (Å²) in [6.45, 7) is 5.14. The van der Waals surface area contributed by atoms with Crippen molar-refractivity contribution in [1.82, 2.24) is 5.32 Å². The highest BCUT2D eigenvalue weighted by atomic mass is 16.5. The standard InChI is InChI=1S/C12H24N2O3/c1-9(2)7-10(13)11(16)14-12(8-15)3-5-17-6-4-12/h9-10,15H,3-8,13H2,1-2H3,(H,14,16)/t10-/m1/s1. The van der Waals surface area contributed by atoms with Crippen LogP contribution >= 0.6 is 0 Å². The topological polar surface area (TPSA) is 84.6 Å². The van der Waals surface area contributed by atoms with Gasteiger partial charge in [0.15, 0.2) is 0 Å².